The van der Waals surface area contributed by atoms with E-state index in [4.69, 9.17) is 11.6 Å². The van der Waals surface area contributed by atoms with Crippen LogP contribution < -0.4 is 5.32 Å². The van der Waals surface area contributed by atoms with Gasteiger partial charge in [0.25, 0.3) is 0 Å². The lowest BCUT2D eigenvalue weighted by molar-refractivity contribution is -0.120. The largest absolute Gasteiger partial charge is 0.350 e. The van der Waals surface area contributed by atoms with Gasteiger partial charge in [0.05, 0.1) is 17.5 Å². The third-order valence-electron chi connectivity index (χ3n) is 1.62. The molecule has 70 valence electrons. The van der Waals surface area contributed by atoms with Crippen LogP contribution in [0.25, 0.3) is 0 Å². The van der Waals surface area contributed by atoms with E-state index in [0.29, 0.717) is 0 Å². The average Bonchev–Trinajstić information content (AvgIpc) is 1.83. The number of carbonyl (C=O) groups is 1. The number of hydrogen-bond donors (Lipinski definition) is 1. The molecule has 1 atom stereocenters. The van der Waals surface area contributed by atoms with E-state index >= 15 is 0 Å². The summed E-state index contributed by atoms with van der Waals surface area (Å²) in [6.45, 7) is 1.55. The predicted octanol–water partition coefficient (Wildman–Crippen LogP) is -0.473. The smallest absolute Gasteiger partial charge is 0.238 e. The molecule has 1 N–H and O–H groups in total. The monoisotopic (exact) mass is 211 g/mol. The Morgan fingerprint density at radius 2 is 2.08 bits per heavy atom. The van der Waals surface area contributed by atoms with Crippen molar-refractivity contribution in [3.8, 4) is 0 Å². The lowest BCUT2D eigenvalue weighted by Gasteiger charge is -2.26. The molecule has 1 saturated heterocycles. The van der Waals surface area contributed by atoms with Crippen molar-refractivity contribution in [1.29, 1.82) is 0 Å². The molecule has 0 aliphatic carbocycles. The van der Waals surface area contributed by atoms with Crippen LogP contribution in [0.2, 0.25) is 0 Å². The number of halogens is 1. The molecule has 12 heavy (non-hydrogen) atoms. The van der Waals surface area contributed by atoms with Gasteiger partial charge in [0, 0.05) is 0 Å². The van der Waals surface area contributed by atoms with E-state index in [9.17, 15) is 13.2 Å². The highest BCUT2D eigenvalue weighted by Gasteiger charge is 2.34. The van der Waals surface area contributed by atoms with Crippen LogP contribution >= 0.6 is 11.6 Å². The van der Waals surface area contributed by atoms with Crippen molar-refractivity contribution in [2.75, 3.05) is 11.5 Å². The second-order valence-corrected chi connectivity index (χ2v) is 5.71. The Morgan fingerprint density at radius 3 is 2.42 bits per heavy atom. The van der Waals surface area contributed by atoms with Crippen LogP contribution in [0.4, 0.5) is 0 Å². The van der Waals surface area contributed by atoms with Crippen LogP contribution in [0, 0.1) is 0 Å². The van der Waals surface area contributed by atoms with Gasteiger partial charge < -0.3 is 5.32 Å². The number of nitrogens with one attached hydrogen (secondary N) is 1. The summed E-state index contributed by atoms with van der Waals surface area (Å²) in [5.74, 6) is -0.221. The molecule has 1 fully saturated rings. The van der Waals surface area contributed by atoms with Crippen molar-refractivity contribution in [2.24, 2.45) is 0 Å². The van der Waals surface area contributed by atoms with Crippen LogP contribution in [-0.2, 0) is 14.6 Å². The quantitative estimate of drug-likeness (QED) is 0.628. The summed E-state index contributed by atoms with van der Waals surface area (Å²) >= 11 is 5.46. The molecule has 0 spiro atoms. The highest BCUT2D eigenvalue weighted by molar-refractivity contribution is 7.92. The van der Waals surface area contributed by atoms with Gasteiger partial charge >= 0.3 is 0 Å². The second-order valence-electron chi connectivity index (χ2n) is 2.90. The first-order valence-electron chi connectivity index (χ1n) is 3.55. The highest BCUT2D eigenvalue weighted by atomic mass is 35.5. The Labute approximate surface area is 76.2 Å². The van der Waals surface area contributed by atoms with Gasteiger partial charge in [-0.25, -0.2) is 8.42 Å². The molecule has 0 radical (unpaired) electrons. The Hall–Kier alpha value is -0.290. The van der Waals surface area contributed by atoms with Crippen molar-refractivity contribution >= 4 is 27.3 Å². The molecule has 0 aromatic rings. The molecule has 1 aliphatic heterocycles. The van der Waals surface area contributed by atoms with E-state index in [1.54, 1.807) is 6.92 Å². The van der Waals surface area contributed by atoms with E-state index in [2.05, 4.69) is 5.32 Å². The molecule has 1 aliphatic rings. The minimum atomic E-state index is -2.86. The first kappa shape index (κ1) is 9.80. The van der Waals surface area contributed by atoms with E-state index < -0.39 is 15.2 Å². The summed E-state index contributed by atoms with van der Waals surface area (Å²) in [5, 5.41) is 1.92. The molecule has 0 aromatic carbocycles. The van der Waals surface area contributed by atoms with Crippen molar-refractivity contribution in [3.05, 3.63) is 0 Å². The van der Waals surface area contributed by atoms with Gasteiger partial charge in [-0.15, -0.1) is 11.6 Å². The van der Waals surface area contributed by atoms with Crippen LogP contribution in [0.3, 0.4) is 0 Å². The predicted molar refractivity (Wildman–Crippen MR) is 45.9 cm³/mol. The summed E-state index contributed by atoms with van der Waals surface area (Å²) in [5.41, 5.74) is 0. The summed E-state index contributed by atoms with van der Waals surface area (Å²) in [7, 11) is -2.86. The maximum absolute atomic E-state index is 10.9. The number of carbonyl (C=O) groups excluding carboxylic acids is 1. The lowest BCUT2D eigenvalue weighted by atomic mass is 10.3. The molecule has 1 rings (SSSR count). The molecule has 1 amide bonds. The lowest BCUT2D eigenvalue weighted by Crippen LogP contribution is -2.54. The van der Waals surface area contributed by atoms with Gasteiger partial charge in [-0.2, -0.15) is 0 Å². The summed E-state index contributed by atoms with van der Waals surface area (Å²) < 4.78 is 21.3. The highest BCUT2D eigenvalue weighted by Crippen LogP contribution is 2.10. The molecule has 0 saturated carbocycles. The summed E-state index contributed by atoms with van der Waals surface area (Å²) in [6, 6.07) is -0.233. The van der Waals surface area contributed by atoms with Gasteiger partial charge in [0.2, 0.25) is 5.91 Å². The number of sulfone groups is 1. The topological polar surface area (TPSA) is 63.2 Å². The Morgan fingerprint density at radius 1 is 1.58 bits per heavy atom. The van der Waals surface area contributed by atoms with E-state index in [1.165, 1.54) is 0 Å². The third kappa shape index (κ3) is 2.35. The van der Waals surface area contributed by atoms with E-state index in [-0.39, 0.29) is 23.5 Å². The van der Waals surface area contributed by atoms with Crippen LogP contribution in [0.15, 0.2) is 0 Å². The Balaban J connectivity index is 2.33. The number of hydrogen-bond acceptors (Lipinski definition) is 3. The van der Waals surface area contributed by atoms with Gasteiger partial charge in [-0.05, 0) is 6.92 Å². The molecule has 4 nitrogen and oxygen atoms in total. The molecule has 0 bridgehead atoms. The van der Waals surface area contributed by atoms with Gasteiger partial charge in [-0.1, -0.05) is 0 Å². The number of amides is 1. The molecule has 0 aromatic heterocycles. The van der Waals surface area contributed by atoms with E-state index in [1.807, 2.05) is 0 Å². The SMILES string of the molecule is CC(Cl)C(=O)NC1CS(=O)(=O)C1. The molecule has 6 heteroatoms. The minimum Gasteiger partial charge on any atom is -0.350 e. The fourth-order valence-electron chi connectivity index (χ4n) is 0.964. The van der Waals surface area contributed by atoms with Crippen LogP contribution in [0.5, 0.6) is 0 Å². The second kappa shape index (κ2) is 3.22. The third-order valence-corrected chi connectivity index (χ3v) is 3.64. The molecule has 1 unspecified atom stereocenters. The van der Waals surface area contributed by atoms with Crippen LogP contribution in [0.1, 0.15) is 6.92 Å². The zero-order valence-corrected chi connectivity index (χ0v) is 8.15. The number of alkyl halides is 1. The summed E-state index contributed by atoms with van der Waals surface area (Å²) in [4.78, 5) is 10.9. The van der Waals surface area contributed by atoms with Gasteiger partial charge in [0.15, 0.2) is 9.84 Å². The normalized spacial score (nSPS) is 24.2. The zero-order chi connectivity index (χ0) is 9.35. The maximum Gasteiger partial charge on any atom is 0.238 e. The van der Waals surface area contributed by atoms with Gasteiger partial charge in [0.1, 0.15) is 5.38 Å². The van der Waals surface area contributed by atoms with Crippen molar-refractivity contribution < 1.29 is 13.2 Å². The standard InChI is InChI=1S/C6H10ClNO3S/c1-4(7)6(9)8-5-2-12(10,11)3-5/h4-5H,2-3H2,1H3,(H,8,9). The van der Waals surface area contributed by atoms with Crippen LogP contribution in [-0.4, -0.2) is 37.2 Å². The van der Waals surface area contributed by atoms with Crippen molar-refractivity contribution in [2.45, 2.75) is 18.3 Å². The molecular weight excluding hydrogens is 202 g/mol. The molecular formula is C6H10ClNO3S. The fraction of sp³-hybridized carbons (Fsp3) is 0.833. The maximum atomic E-state index is 10.9. The zero-order valence-electron chi connectivity index (χ0n) is 6.58. The molecule has 1 heterocycles. The van der Waals surface area contributed by atoms with Gasteiger partial charge in [-0.3, -0.25) is 4.79 Å². The first-order chi connectivity index (χ1) is 5.41. The van der Waals surface area contributed by atoms with E-state index in [0.717, 1.165) is 0 Å². The first-order valence-corrected chi connectivity index (χ1v) is 5.81. The average molecular weight is 212 g/mol. The minimum absolute atomic E-state index is 0.0440. The number of rotatable bonds is 2. The summed E-state index contributed by atoms with van der Waals surface area (Å²) in [6.07, 6.45) is 0. The Bertz CT molecular complexity index is 273. The van der Waals surface area contributed by atoms with Crippen molar-refractivity contribution in [3.63, 3.8) is 0 Å². The van der Waals surface area contributed by atoms with Crippen molar-refractivity contribution in [1.82, 2.24) is 5.32 Å². The fourth-order valence-corrected chi connectivity index (χ4v) is 2.32. The Kier molecular flexibility index (Phi) is 2.63.